The second-order valence-electron chi connectivity index (χ2n) is 14.7. The summed E-state index contributed by atoms with van der Waals surface area (Å²) in [6, 6.07) is 0. The molecule has 7 nitrogen and oxygen atoms in total. The highest BCUT2D eigenvalue weighted by Crippen LogP contribution is 2.30. The van der Waals surface area contributed by atoms with Crippen LogP contribution in [0.25, 0.3) is 0 Å². The van der Waals surface area contributed by atoms with E-state index in [1.807, 2.05) is 21.6 Å². The number of piperidine rings is 1. The number of unbranched alkanes of at least 4 members (excludes halogenated alkanes) is 8. The highest BCUT2D eigenvalue weighted by atomic mass is 33.1. The molecule has 2 N–H and O–H groups in total. The van der Waals surface area contributed by atoms with Crippen LogP contribution in [0.4, 0.5) is 0 Å². The maximum atomic E-state index is 12.3. The van der Waals surface area contributed by atoms with Gasteiger partial charge in [-0.25, -0.2) is 0 Å². The molecule has 1 saturated heterocycles. The molecule has 3 unspecified atom stereocenters. The average Bonchev–Trinajstić information content (AvgIpc) is 3.11. The van der Waals surface area contributed by atoms with E-state index in [2.05, 4.69) is 35.9 Å². The topological polar surface area (TPSA) is 82.5 Å². The summed E-state index contributed by atoms with van der Waals surface area (Å²) in [6.07, 6.45) is 28.1. The summed E-state index contributed by atoms with van der Waals surface area (Å²) in [5, 5.41) is 19.4. The van der Waals surface area contributed by atoms with Crippen LogP contribution in [0.1, 0.15) is 149 Å². The zero-order valence-electron chi connectivity index (χ0n) is 31.7. The van der Waals surface area contributed by atoms with Gasteiger partial charge in [0.2, 0.25) is 0 Å². The van der Waals surface area contributed by atoms with Crippen LogP contribution in [0, 0.1) is 17.8 Å². The number of aliphatic hydroxyl groups excluding tert-OH is 2. The number of esters is 1. The van der Waals surface area contributed by atoms with E-state index in [0.29, 0.717) is 44.3 Å². The van der Waals surface area contributed by atoms with Crippen LogP contribution in [0.3, 0.4) is 0 Å². The lowest BCUT2D eigenvalue weighted by molar-refractivity contribution is -0.145. The standard InChI is InChI=1S/C40H76N2O5S2/c1-3-5-7-9-10-12-15-36(14-11-8-6-4-2)22-32-46-39(44)16-13-17-40(45)47-33-30-42-27-20-38(21-28-42)24-35-49-48-34-23-37-18-25-41(26-19-37)29-31-43/h18,25,36-38,40,43,45H,3-17,19-24,26-35H2,1-2H3. The molecule has 9 heteroatoms. The molecule has 2 heterocycles. The lowest BCUT2D eigenvalue weighted by atomic mass is 9.92. The Bertz CT molecular complexity index is 799. The summed E-state index contributed by atoms with van der Waals surface area (Å²) in [4.78, 5) is 17.0. The molecular formula is C40H76N2O5S2. The van der Waals surface area contributed by atoms with E-state index in [1.54, 1.807) is 0 Å². The fourth-order valence-electron chi connectivity index (χ4n) is 7.07. The molecule has 49 heavy (non-hydrogen) atoms. The summed E-state index contributed by atoms with van der Waals surface area (Å²) in [6.45, 7) is 10.8. The van der Waals surface area contributed by atoms with Crippen molar-refractivity contribution in [3.05, 3.63) is 12.3 Å². The van der Waals surface area contributed by atoms with Gasteiger partial charge in [0, 0.05) is 37.6 Å². The Balaban J connectivity index is 1.42. The van der Waals surface area contributed by atoms with Crippen molar-refractivity contribution in [1.29, 1.82) is 0 Å². The quantitative estimate of drug-likeness (QED) is 0.0305. The lowest BCUT2D eigenvalue weighted by Crippen LogP contribution is -2.36. The molecule has 2 aliphatic rings. The minimum absolute atomic E-state index is 0.139. The van der Waals surface area contributed by atoms with Gasteiger partial charge < -0.3 is 29.5 Å². The predicted octanol–water partition coefficient (Wildman–Crippen LogP) is 9.46. The summed E-state index contributed by atoms with van der Waals surface area (Å²) in [5.41, 5.74) is 0. The highest BCUT2D eigenvalue weighted by molar-refractivity contribution is 8.76. The van der Waals surface area contributed by atoms with Crippen molar-refractivity contribution >= 4 is 27.6 Å². The van der Waals surface area contributed by atoms with Crippen molar-refractivity contribution in [2.24, 2.45) is 17.8 Å². The van der Waals surface area contributed by atoms with Gasteiger partial charge in [-0.05, 0) is 88.4 Å². The molecule has 1 fully saturated rings. The Hall–Kier alpha value is -0.450. The molecule has 0 saturated carbocycles. The van der Waals surface area contributed by atoms with Crippen LogP contribution >= 0.6 is 21.6 Å². The van der Waals surface area contributed by atoms with E-state index in [0.717, 1.165) is 45.1 Å². The Kier molecular flexibility index (Phi) is 28.4. The van der Waals surface area contributed by atoms with Crippen molar-refractivity contribution in [2.45, 2.75) is 155 Å². The fourth-order valence-corrected chi connectivity index (χ4v) is 9.42. The molecule has 0 radical (unpaired) electrons. The lowest BCUT2D eigenvalue weighted by Gasteiger charge is -2.32. The Morgan fingerprint density at radius 3 is 2.14 bits per heavy atom. The van der Waals surface area contributed by atoms with E-state index < -0.39 is 6.29 Å². The van der Waals surface area contributed by atoms with Gasteiger partial charge in [-0.1, -0.05) is 119 Å². The highest BCUT2D eigenvalue weighted by Gasteiger charge is 2.19. The molecule has 0 spiro atoms. The van der Waals surface area contributed by atoms with Crippen molar-refractivity contribution in [3.8, 4) is 0 Å². The number of ether oxygens (including phenoxy) is 2. The van der Waals surface area contributed by atoms with E-state index in [-0.39, 0.29) is 12.6 Å². The largest absolute Gasteiger partial charge is 0.466 e. The molecule has 288 valence electrons. The van der Waals surface area contributed by atoms with Gasteiger partial charge >= 0.3 is 5.97 Å². The zero-order chi connectivity index (χ0) is 35.2. The van der Waals surface area contributed by atoms with Crippen LogP contribution < -0.4 is 0 Å². The number of allylic oxidation sites excluding steroid dienone is 1. The van der Waals surface area contributed by atoms with Gasteiger partial charge in [0.05, 0.1) is 19.8 Å². The molecule has 0 aromatic heterocycles. The fraction of sp³-hybridized carbons (Fsp3) is 0.925. The van der Waals surface area contributed by atoms with Crippen LogP contribution in [0.2, 0.25) is 0 Å². The van der Waals surface area contributed by atoms with Gasteiger partial charge in [-0.3, -0.25) is 4.79 Å². The first kappa shape index (κ1) is 44.7. The molecule has 0 aromatic rings. The number of nitrogens with zero attached hydrogens (tertiary/aromatic N) is 2. The van der Waals surface area contributed by atoms with E-state index >= 15 is 0 Å². The van der Waals surface area contributed by atoms with Crippen LogP contribution in [0.5, 0.6) is 0 Å². The Labute approximate surface area is 309 Å². The Morgan fingerprint density at radius 2 is 1.47 bits per heavy atom. The molecule has 0 amide bonds. The molecule has 0 aromatic carbocycles. The summed E-state index contributed by atoms with van der Waals surface area (Å²) in [7, 11) is 4.07. The van der Waals surface area contributed by atoms with Gasteiger partial charge in [-0.2, -0.15) is 0 Å². The second kappa shape index (κ2) is 31.1. The van der Waals surface area contributed by atoms with Gasteiger partial charge in [0.15, 0.2) is 6.29 Å². The third-order valence-corrected chi connectivity index (χ3v) is 13.0. The van der Waals surface area contributed by atoms with Crippen molar-refractivity contribution in [1.82, 2.24) is 9.80 Å². The van der Waals surface area contributed by atoms with Crippen molar-refractivity contribution < 1.29 is 24.5 Å². The minimum atomic E-state index is -0.806. The number of likely N-dealkylation sites (tertiary alicyclic amines) is 1. The van der Waals surface area contributed by atoms with Crippen LogP contribution in [-0.4, -0.2) is 96.3 Å². The van der Waals surface area contributed by atoms with E-state index in [9.17, 15) is 9.90 Å². The van der Waals surface area contributed by atoms with Gasteiger partial charge in [0.1, 0.15) is 0 Å². The van der Waals surface area contributed by atoms with Crippen LogP contribution in [0.15, 0.2) is 12.3 Å². The van der Waals surface area contributed by atoms with Crippen LogP contribution in [-0.2, 0) is 14.3 Å². The molecular weight excluding hydrogens is 653 g/mol. The Morgan fingerprint density at radius 1 is 0.796 bits per heavy atom. The number of carbonyl (C=O) groups is 1. The van der Waals surface area contributed by atoms with Gasteiger partial charge in [-0.15, -0.1) is 0 Å². The average molecular weight is 729 g/mol. The predicted molar refractivity (Wildman–Crippen MR) is 211 cm³/mol. The summed E-state index contributed by atoms with van der Waals surface area (Å²) < 4.78 is 11.3. The summed E-state index contributed by atoms with van der Waals surface area (Å²) in [5.74, 6) is 4.51. The number of hydrogen-bond donors (Lipinski definition) is 2. The first-order valence-electron chi connectivity index (χ1n) is 20.5. The number of rotatable bonds is 32. The number of hydrogen-bond acceptors (Lipinski definition) is 9. The first-order valence-corrected chi connectivity index (χ1v) is 23.0. The molecule has 3 atom stereocenters. The van der Waals surface area contributed by atoms with E-state index in [4.69, 9.17) is 14.6 Å². The second-order valence-corrected chi connectivity index (χ2v) is 17.4. The van der Waals surface area contributed by atoms with Gasteiger partial charge in [0.25, 0.3) is 0 Å². The zero-order valence-corrected chi connectivity index (χ0v) is 33.3. The first-order chi connectivity index (χ1) is 24.0. The van der Waals surface area contributed by atoms with Crippen molar-refractivity contribution in [2.75, 3.05) is 64.1 Å². The third-order valence-electron chi connectivity index (χ3n) is 10.5. The monoisotopic (exact) mass is 729 g/mol. The molecule has 0 aliphatic carbocycles. The molecule has 2 rings (SSSR count). The SMILES string of the molecule is CCCCCCCCC(CCCCCC)CCOC(=O)CCCC(O)OCCN1CCC(CCSSCCC2C=CN(CCO)CC2)CC1. The van der Waals surface area contributed by atoms with Crippen molar-refractivity contribution in [3.63, 3.8) is 0 Å². The molecule has 2 aliphatic heterocycles. The van der Waals surface area contributed by atoms with E-state index in [1.165, 1.54) is 121 Å². The number of aliphatic hydroxyl groups is 2. The maximum absolute atomic E-state index is 12.3. The third kappa shape index (κ3) is 24.4. The minimum Gasteiger partial charge on any atom is -0.466 e. The molecule has 0 bridgehead atoms. The number of β-amino-alcohol motifs (C(OH)–C–C–N with tert-alkyl or cyclic N) is 1. The summed E-state index contributed by atoms with van der Waals surface area (Å²) >= 11 is 0. The normalized spacial score (nSPS) is 18.6. The number of carbonyl (C=O) groups excluding carboxylic acids is 1. The maximum Gasteiger partial charge on any atom is 0.305 e. The smallest absolute Gasteiger partial charge is 0.305 e.